The van der Waals surface area contributed by atoms with Gasteiger partial charge < -0.3 is 9.14 Å². The van der Waals surface area contributed by atoms with E-state index in [1.807, 2.05) is 62.8 Å². The molecule has 128 valence electrons. The van der Waals surface area contributed by atoms with E-state index in [0.29, 0.717) is 11.1 Å². The van der Waals surface area contributed by atoms with Crippen molar-refractivity contribution in [3.8, 4) is 6.07 Å². The van der Waals surface area contributed by atoms with Crippen molar-refractivity contribution in [1.82, 2.24) is 14.2 Å². The maximum atomic E-state index is 12.5. The molecule has 3 heterocycles. The van der Waals surface area contributed by atoms with Crippen LogP contribution >= 0.6 is 0 Å². The topological polar surface area (TPSA) is 72.3 Å². The van der Waals surface area contributed by atoms with E-state index >= 15 is 0 Å². The molecule has 0 aromatic carbocycles. The van der Waals surface area contributed by atoms with E-state index < -0.39 is 5.92 Å². The van der Waals surface area contributed by atoms with Crippen LogP contribution in [-0.4, -0.2) is 20.2 Å². The Labute approximate surface area is 146 Å². The lowest BCUT2D eigenvalue weighted by atomic mass is 9.99. The molecule has 6 heteroatoms. The molecule has 25 heavy (non-hydrogen) atoms. The highest BCUT2D eigenvalue weighted by molar-refractivity contribution is 5.78. The van der Waals surface area contributed by atoms with Crippen molar-refractivity contribution in [3.63, 3.8) is 0 Å². The number of hydrogen-bond donors (Lipinski definition) is 0. The maximum Gasteiger partial charge on any atom is 0.313 e. The Bertz CT molecular complexity index is 991. The van der Waals surface area contributed by atoms with Crippen LogP contribution in [0.2, 0.25) is 0 Å². The van der Waals surface area contributed by atoms with E-state index in [0.717, 1.165) is 22.5 Å². The predicted molar refractivity (Wildman–Crippen MR) is 93.0 cm³/mol. The third-order valence-corrected chi connectivity index (χ3v) is 4.60. The molecule has 0 spiro atoms. The van der Waals surface area contributed by atoms with Crippen molar-refractivity contribution in [2.24, 2.45) is 7.05 Å². The third kappa shape index (κ3) is 2.89. The van der Waals surface area contributed by atoms with Gasteiger partial charge in [0.1, 0.15) is 12.7 Å². The largest absolute Gasteiger partial charge is 0.460 e. The van der Waals surface area contributed by atoms with Gasteiger partial charge in [-0.1, -0.05) is 6.07 Å². The van der Waals surface area contributed by atoms with E-state index in [1.54, 1.807) is 4.68 Å². The quantitative estimate of drug-likeness (QED) is 0.687. The molecule has 6 nitrogen and oxygen atoms in total. The molecule has 0 saturated carbocycles. The molecular weight excluding hydrogens is 316 g/mol. The van der Waals surface area contributed by atoms with Crippen molar-refractivity contribution in [2.75, 3.05) is 0 Å². The maximum absolute atomic E-state index is 12.5. The number of aromatic nitrogens is 3. The Hall–Kier alpha value is -3.07. The minimum Gasteiger partial charge on any atom is -0.460 e. The van der Waals surface area contributed by atoms with Crippen LogP contribution in [0, 0.1) is 25.2 Å². The highest BCUT2D eigenvalue weighted by atomic mass is 16.5. The van der Waals surface area contributed by atoms with Crippen LogP contribution < -0.4 is 0 Å². The van der Waals surface area contributed by atoms with Crippen molar-refractivity contribution >= 4 is 11.5 Å². The molecule has 0 fully saturated rings. The zero-order chi connectivity index (χ0) is 18.1. The van der Waals surface area contributed by atoms with Gasteiger partial charge in [0.05, 0.1) is 22.7 Å². The number of fused-ring (bicyclic) bond motifs is 1. The summed E-state index contributed by atoms with van der Waals surface area (Å²) in [5.74, 6) is -0.727. The van der Waals surface area contributed by atoms with E-state index in [1.165, 1.54) is 0 Å². The summed E-state index contributed by atoms with van der Waals surface area (Å²) >= 11 is 0. The Kier molecular flexibility index (Phi) is 4.32. The van der Waals surface area contributed by atoms with Gasteiger partial charge in [0.25, 0.3) is 0 Å². The number of nitriles is 1. The van der Waals surface area contributed by atoms with Crippen LogP contribution in [0.5, 0.6) is 0 Å². The van der Waals surface area contributed by atoms with Gasteiger partial charge in [0.15, 0.2) is 0 Å². The third-order valence-electron chi connectivity index (χ3n) is 4.60. The molecule has 3 rings (SSSR count). The lowest BCUT2D eigenvalue weighted by molar-refractivity contribution is -0.146. The van der Waals surface area contributed by atoms with E-state index in [-0.39, 0.29) is 12.6 Å². The molecular formula is C19H20N4O2. The summed E-state index contributed by atoms with van der Waals surface area (Å²) < 4.78 is 9.12. The summed E-state index contributed by atoms with van der Waals surface area (Å²) in [6.07, 6.45) is 3.69. The fourth-order valence-electron chi connectivity index (χ4n) is 3.22. The van der Waals surface area contributed by atoms with Crippen molar-refractivity contribution < 1.29 is 9.53 Å². The Morgan fingerprint density at radius 2 is 2.16 bits per heavy atom. The number of carbonyl (C=O) groups is 1. The molecule has 3 aromatic heterocycles. The van der Waals surface area contributed by atoms with Gasteiger partial charge in [-0.15, -0.1) is 0 Å². The second-order valence-corrected chi connectivity index (χ2v) is 6.17. The predicted octanol–water partition coefficient (Wildman–Crippen LogP) is 3.01. The SMILES string of the molecule is Cc1nn(C)c(C)c1[C@@H](C)C(=O)OCc1cn2ccccc2c1C#N. The number of pyridine rings is 1. The number of hydrogen-bond acceptors (Lipinski definition) is 4. The lowest BCUT2D eigenvalue weighted by Crippen LogP contribution is -2.14. The molecule has 0 aliphatic heterocycles. The van der Waals surface area contributed by atoms with E-state index in [4.69, 9.17) is 4.74 Å². The molecule has 0 aliphatic rings. The van der Waals surface area contributed by atoms with Gasteiger partial charge in [-0.3, -0.25) is 9.48 Å². The highest BCUT2D eigenvalue weighted by Gasteiger charge is 2.24. The summed E-state index contributed by atoms with van der Waals surface area (Å²) in [5, 5.41) is 13.8. The lowest BCUT2D eigenvalue weighted by Gasteiger charge is -2.12. The molecule has 1 atom stereocenters. The molecule has 0 amide bonds. The molecule has 0 radical (unpaired) electrons. The van der Waals surface area contributed by atoms with Crippen molar-refractivity contribution in [1.29, 1.82) is 5.26 Å². The fraction of sp³-hybridized carbons (Fsp3) is 0.316. The number of aryl methyl sites for hydroxylation is 2. The average molecular weight is 336 g/mol. The van der Waals surface area contributed by atoms with E-state index in [9.17, 15) is 10.1 Å². The number of esters is 1. The summed E-state index contributed by atoms with van der Waals surface area (Å²) in [7, 11) is 1.86. The van der Waals surface area contributed by atoms with Crippen LogP contribution in [0.15, 0.2) is 30.6 Å². The van der Waals surface area contributed by atoms with Crippen LogP contribution in [0.25, 0.3) is 5.52 Å². The second kappa shape index (κ2) is 6.44. The minimum absolute atomic E-state index is 0.0755. The second-order valence-electron chi connectivity index (χ2n) is 6.17. The first kappa shape index (κ1) is 16.8. The van der Waals surface area contributed by atoms with Crippen LogP contribution in [0.3, 0.4) is 0 Å². The number of ether oxygens (including phenoxy) is 1. The summed E-state index contributed by atoms with van der Waals surface area (Å²) in [6.45, 7) is 5.72. The number of nitrogens with zero attached hydrogens (tertiary/aromatic N) is 4. The van der Waals surface area contributed by atoms with Gasteiger partial charge in [0, 0.05) is 36.3 Å². The first-order valence-corrected chi connectivity index (χ1v) is 8.09. The van der Waals surface area contributed by atoms with Crippen LogP contribution in [0.4, 0.5) is 0 Å². The van der Waals surface area contributed by atoms with E-state index in [2.05, 4.69) is 11.2 Å². The van der Waals surface area contributed by atoms with Gasteiger partial charge in [-0.2, -0.15) is 10.4 Å². The fourth-order valence-corrected chi connectivity index (χ4v) is 3.22. The summed E-state index contributed by atoms with van der Waals surface area (Å²) in [4.78, 5) is 12.5. The monoisotopic (exact) mass is 336 g/mol. The van der Waals surface area contributed by atoms with Crippen molar-refractivity contribution in [2.45, 2.75) is 33.3 Å². The van der Waals surface area contributed by atoms with Gasteiger partial charge in [-0.05, 0) is 32.9 Å². The first-order valence-electron chi connectivity index (χ1n) is 8.09. The normalized spacial score (nSPS) is 12.1. The Morgan fingerprint density at radius 3 is 2.80 bits per heavy atom. The molecule has 0 bridgehead atoms. The zero-order valence-electron chi connectivity index (χ0n) is 14.8. The van der Waals surface area contributed by atoms with Crippen LogP contribution in [-0.2, 0) is 23.2 Å². The number of carbonyl (C=O) groups excluding carboxylic acids is 1. The minimum atomic E-state index is -0.406. The summed E-state index contributed by atoms with van der Waals surface area (Å²) in [6, 6.07) is 7.84. The highest BCUT2D eigenvalue weighted by Crippen LogP contribution is 2.25. The average Bonchev–Trinajstić information content (AvgIpc) is 3.08. The number of rotatable bonds is 4. The molecule has 0 aliphatic carbocycles. The molecule has 0 saturated heterocycles. The van der Waals surface area contributed by atoms with Gasteiger partial charge in [0.2, 0.25) is 0 Å². The van der Waals surface area contributed by atoms with Crippen LogP contribution in [0.1, 0.15) is 40.9 Å². The van der Waals surface area contributed by atoms with Gasteiger partial charge in [-0.25, -0.2) is 0 Å². The molecule has 0 N–H and O–H groups in total. The standard InChI is InChI=1S/C19H20N4O2/c1-12(18-13(2)21-22(4)14(18)3)19(24)25-11-15-10-23-8-6-5-7-17(23)16(15)9-20/h5-8,10,12H,11H2,1-4H3/t12-/m1/s1. The van der Waals surface area contributed by atoms with Crippen molar-refractivity contribution in [3.05, 3.63) is 58.7 Å². The first-order chi connectivity index (χ1) is 11.9. The molecule has 3 aromatic rings. The zero-order valence-corrected chi connectivity index (χ0v) is 14.8. The molecule has 0 unspecified atom stereocenters. The summed E-state index contributed by atoms with van der Waals surface area (Å²) in [5.41, 5.74) is 4.73. The Balaban J connectivity index is 1.80. The van der Waals surface area contributed by atoms with Gasteiger partial charge >= 0.3 is 5.97 Å². The smallest absolute Gasteiger partial charge is 0.313 e. The Morgan fingerprint density at radius 1 is 1.40 bits per heavy atom.